The highest BCUT2D eigenvalue weighted by Crippen LogP contribution is 2.15. The summed E-state index contributed by atoms with van der Waals surface area (Å²) >= 11 is 0. The van der Waals surface area contributed by atoms with Gasteiger partial charge in [0.15, 0.2) is 0 Å². The highest BCUT2D eigenvalue weighted by atomic mass is 16.2. The molecule has 99 valence electrons. The van der Waals surface area contributed by atoms with Gasteiger partial charge in [0.1, 0.15) is 0 Å². The third-order valence-corrected chi connectivity index (χ3v) is 3.50. The molecule has 2 saturated heterocycles. The Morgan fingerprint density at radius 1 is 1.33 bits per heavy atom. The van der Waals surface area contributed by atoms with E-state index < -0.39 is 6.04 Å². The van der Waals surface area contributed by atoms with E-state index in [4.69, 9.17) is 0 Å². The highest BCUT2D eigenvalue weighted by Gasteiger charge is 2.29. The van der Waals surface area contributed by atoms with Gasteiger partial charge in [-0.3, -0.25) is 14.4 Å². The number of amides is 2. The van der Waals surface area contributed by atoms with Crippen LogP contribution in [0.3, 0.4) is 0 Å². The van der Waals surface area contributed by atoms with E-state index in [1.165, 1.54) is 4.90 Å². The number of nitrogens with zero attached hydrogens (tertiary/aromatic N) is 1. The van der Waals surface area contributed by atoms with Crippen molar-refractivity contribution in [2.75, 3.05) is 19.6 Å². The molecule has 0 bridgehead atoms. The van der Waals surface area contributed by atoms with Gasteiger partial charge in [0.2, 0.25) is 18.1 Å². The molecule has 18 heavy (non-hydrogen) atoms. The summed E-state index contributed by atoms with van der Waals surface area (Å²) in [5.41, 5.74) is 0. The second-order valence-corrected chi connectivity index (χ2v) is 4.73. The van der Waals surface area contributed by atoms with E-state index in [0.717, 1.165) is 25.8 Å². The van der Waals surface area contributed by atoms with Gasteiger partial charge >= 0.3 is 0 Å². The van der Waals surface area contributed by atoms with E-state index in [2.05, 4.69) is 10.6 Å². The minimum atomic E-state index is -0.431. The van der Waals surface area contributed by atoms with Crippen molar-refractivity contribution in [3.8, 4) is 0 Å². The van der Waals surface area contributed by atoms with E-state index in [0.29, 0.717) is 13.0 Å². The summed E-state index contributed by atoms with van der Waals surface area (Å²) in [4.78, 5) is 35.7. The maximum absolute atomic E-state index is 11.8. The van der Waals surface area contributed by atoms with E-state index >= 15 is 0 Å². The second kappa shape index (κ2) is 5.95. The van der Waals surface area contributed by atoms with Crippen LogP contribution in [0.15, 0.2) is 0 Å². The van der Waals surface area contributed by atoms with Gasteiger partial charge in [-0.2, -0.15) is 0 Å². The van der Waals surface area contributed by atoms with Gasteiger partial charge in [-0.15, -0.1) is 0 Å². The molecule has 2 rings (SSSR count). The fourth-order valence-electron chi connectivity index (χ4n) is 2.48. The van der Waals surface area contributed by atoms with Gasteiger partial charge in [-0.25, -0.2) is 0 Å². The predicted molar refractivity (Wildman–Crippen MR) is 64.5 cm³/mol. The standard InChI is InChI=1S/C12H18N3O3/c16-8-9-3-2-6-15(9)11(17)7-14-12(18)10-4-1-5-13-10/h9-10,13H,1-7H2,(H,14,18)/t9-,10-/m0/s1. The smallest absolute Gasteiger partial charge is 0.242 e. The van der Waals surface area contributed by atoms with Gasteiger partial charge < -0.3 is 15.5 Å². The molecule has 2 aliphatic heterocycles. The molecular formula is C12H18N3O3. The van der Waals surface area contributed by atoms with E-state index in [9.17, 15) is 14.4 Å². The number of hydrogen-bond acceptors (Lipinski definition) is 4. The zero-order chi connectivity index (χ0) is 13.0. The summed E-state index contributed by atoms with van der Waals surface area (Å²) in [5.74, 6) is -0.334. The molecule has 0 saturated carbocycles. The van der Waals surface area contributed by atoms with E-state index in [1.807, 2.05) is 6.29 Å². The van der Waals surface area contributed by atoms with Crippen molar-refractivity contribution in [3.63, 3.8) is 0 Å². The zero-order valence-corrected chi connectivity index (χ0v) is 10.3. The Balaban J connectivity index is 1.77. The van der Waals surface area contributed by atoms with Crippen LogP contribution in [0.4, 0.5) is 0 Å². The molecule has 0 aromatic heterocycles. The third-order valence-electron chi connectivity index (χ3n) is 3.50. The largest absolute Gasteiger partial charge is 0.346 e. The Morgan fingerprint density at radius 2 is 2.17 bits per heavy atom. The van der Waals surface area contributed by atoms with Crippen molar-refractivity contribution >= 4 is 18.1 Å². The predicted octanol–water partition coefficient (Wildman–Crippen LogP) is -1.04. The Hall–Kier alpha value is -1.43. The van der Waals surface area contributed by atoms with Crippen LogP contribution >= 0.6 is 0 Å². The third kappa shape index (κ3) is 2.87. The summed E-state index contributed by atoms with van der Waals surface area (Å²) in [6.07, 6.45) is 5.17. The van der Waals surface area contributed by atoms with Crippen molar-refractivity contribution in [3.05, 3.63) is 0 Å². The monoisotopic (exact) mass is 252 g/mol. The Kier molecular flexibility index (Phi) is 4.30. The van der Waals surface area contributed by atoms with Gasteiger partial charge in [-0.05, 0) is 32.2 Å². The summed E-state index contributed by atoms with van der Waals surface area (Å²) in [6, 6.07) is -0.608. The van der Waals surface area contributed by atoms with Crippen LogP contribution in [-0.2, 0) is 14.4 Å². The molecule has 0 aliphatic carbocycles. The number of nitrogens with one attached hydrogen (secondary N) is 2. The lowest BCUT2D eigenvalue weighted by Crippen LogP contribution is -2.47. The first kappa shape index (κ1) is 13.0. The average Bonchev–Trinajstić information content (AvgIpc) is 3.04. The van der Waals surface area contributed by atoms with Crippen molar-refractivity contribution < 1.29 is 14.4 Å². The minimum Gasteiger partial charge on any atom is -0.346 e. The molecule has 1 radical (unpaired) electrons. The van der Waals surface area contributed by atoms with Crippen molar-refractivity contribution in [2.24, 2.45) is 0 Å². The Morgan fingerprint density at radius 3 is 2.83 bits per heavy atom. The van der Waals surface area contributed by atoms with Crippen LogP contribution in [0.2, 0.25) is 0 Å². The fourth-order valence-corrected chi connectivity index (χ4v) is 2.48. The summed E-state index contributed by atoms with van der Waals surface area (Å²) in [5, 5.41) is 5.69. The Bertz CT molecular complexity index is 339. The van der Waals surface area contributed by atoms with Crippen LogP contribution in [0, 0.1) is 0 Å². The molecule has 0 spiro atoms. The molecule has 2 heterocycles. The number of carbonyl (C=O) groups excluding carboxylic acids is 3. The van der Waals surface area contributed by atoms with Crippen molar-refractivity contribution in [1.29, 1.82) is 0 Å². The van der Waals surface area contributed by atoms with Crippen LogP contribution in [0.5, 0.6) is 0 Å². The van der Waals surface area contributed by atoms with E-state index in [1.54, 1.807) is 0 Å². The lowest BCUT2D eigenvalue weighted by atomic mass is 10.2. The van der Waals surface area contributed by atoms with Crippen LogP contribution in [-0.4, -0.2) is 54.7 Å². The molecule has 2 N–H and O–H groups in total. The molecule has 2 atom stereocenters. The second-order valence-electron chi connectivity index (χ2n) is 4.73. The van der Waals surface area contributed by atoms with E-state index in [-0.39, 0.29) is 24.4 Å². The summed E-state index contributed by atoms with van der Waals surface area (Å²) in [7, 11) is 0. The minimum absolute atomic E-state index is 0.0325. The fraction of sp³-hybridized carbons (Fsp3) is 0.750. The lowest BCUT2D eigenvalue weighted by Gasteiger charge is -2.20. The van der Waals surface area contributed by atoms with Gasteiger partial charge in [-0.1, -0.05) is 0 Å². The van der Waals surface area contributed by atoms with Crippen molar-refractivity contribution in [2.45, 2.75) is 37.8 Å². The van der Waals surface area contributed by atoms with Gasteiger partial charge in [0.05, 0.1) is 18.6 Å². The van der Waals surface area contributed by atoms with Crippen molar-refractivity contribution in [1.82, 2.24) is 15.5 Å². The molecule has 0 aromatic rings. The molecule has 6 heteroatoms. The number of likely N-dealkylation sites (tertiary alicyclic amines) is 1. The highest BCUT2D eigenvalue weighted by molar-refractivity contribution is 5.88. The van der Waals surface area contributed by atoms with Gasteiger partial charge in [0.25, 0.3) is 0 Å². The number of carbonyl (C=O) groups is 2. The van der Waals surface area contributed by atoms with Crippen LogP contribution in [0.25, 0.3) is 0 Å². The zero-order valence-electron chi connectivity index (χ0n) is 10.3. The molecule has 0 unspecified atom stereocenters. The SMILES string of the molecule is O=[C][C@@H]1CCCN1C(=O)CNC(=O)[C@@H]1CCCN1. The molecular weight excluding hydrogens is 234 g/mol. The Labute approximate surface area is 106 Å². The van der Waals surface area contributed by atoms with Gasteiger partial charge in [0, 0.05) is 6.54 Å². The topological polar surface area (TPSA) is 78.5 Å². The number of rotatable bonds is 4. The molecule has 2 fully saturated rings. The molecule has 0 aromatic carbocycles. The van der Waals surface area contributed by atoms with Crippen LogP contribution < -0.4 is 10.6 Å². The number of hydrogen-bond donors (Lipinski definition) is 2. The first-order valence-electron chi connectivity index (χ1n) is 6.40. The van der Waals surface area contributed by atoms with Crippen LogP contribution in [0.1, 0.15) is 25.7 Å². The first-order valence-corrected chi connectivity index (χ1v) is 6.40. The lowest BCUT2D eigenvalue weighted by molar-refractivity contribution is -0.133. The molecule has 2 aliphatic rings. The molecule has 2 amide bonds. The average molecular weight is 252 g/mol. The normalized spacial score (nSPS) is 27.2. The maximum atomic E-state index is 11.8. The summed E-state index contributed by atoms with van der Waals surface area (Å²) < 4.78 is 0. The quantitative estimate of drug-likeness (QED) is 0.669. The maximum Gasteiger partial charge on any atom is 0.242 e. The first-order chi connectivity index (χ1) is 8.72. The summed E-state index contributed by atoms with van der Waals surface area (Å²) in [6.45, 7) is 1.39. The molecule has 6 nitrogen and oxygen atoms in total.